The molecule has 110 valence electrons. The normalized spacial score (nSPS) is 14.9. The van der Waals surface area contributed by atoms with Crippen LogP contribution in [0, 0.1) is 0 Å². The molecule has 1 atom stereocenters. The highest BCUT2D eigenvalue weighted by atomic mass is 16.4. The second-order valence-electron chi connectivity index (χ2n) is 5.13. The summed E-state index contributed by atoms with van der Waals surface area (Å²) < 4.78 is 0. The van der Waals surface area contributed by atoms with Gasteiger partial charge in [-0.3, -0.25) is 14.5 Å². The molecule has 3 rings (SSSR count). The van der Waals surface area contributed by atoms with Gasteiger partial charge in [0.05, 0.1) is 22.7 Å². The van der Waals surface area contributed by atoms with E-state index in [4.69, 9.17) is 5.11 Å². The Kier molecular flexibility index (Phi) is 3.25. The summed E-state index contributed by atoms with van der Waals surface area (Å²) in [5.41, 5.74) is 1.68. The first-order valence-electron chi connectivity index (χ1n) is 6.81. The molecule has 2 amide bonds. The van der Waals surface area contributed by atoms with Crippen molar-refractivity contribution in [1.82, 2.24) is 4.90 Å². The largest absolute Gasteiger partial charge is 0.478 e. The summed E-state index contributed by atoms with van der Waals surface area (Å²) in [6.07, 6.45) is 0. The Labute approximate surface area is 126 Å². The van der Waals surface area contributed by atoms with Crippen LogP contribution in [0.1, 0.15) is 49.6 Å². The van der Waals surface area contributed by atoms with Gasteiger partial charge in [-0.2, -0.15) is 0 Å². The summed E-state index contributed by atoms with van der Waals surface area (Å²) in [4.78, 5) is 36.9. The maximum absolute atomic E-state index is 12.4. The maximum atomic E-state index is 12.4. The second kappa shape index (κ2) is 5.11. The van der Waals surface area contributed by atoms with Crippen LogP contribution in [0.2, 0.25) is 0 Å². The van der Waals surface area contributed by atoms with Crippen LogP contribution in [0.4, 0.5) is 0 Å². The molecule has 0 saturated carbocycles. The molecule has 0 aromatic heterocycles. The number of imide groups is 1. The highest BCUT2D eigenvalue weighted by Crippen LogP contribution is 2.31. The zero-order valence-corrected chi connectivity index (χ0v) is 11.8. The minimum absolute atomic E-state index is 0.165. The molecule has 5 nitrogen and oxygen atoms in total. The number of aromatic carboxylic acids is 1. The van der Waals surface area contributed by atoms with Crippen molar-refractivity contribution in [3.8, 4) is 0 Å². The zero-order chi connectivity index (χ0) is 15.9. The molecule has 1 aliphatic heterocycles. The van der Waals surface area contributed by atoms with E-state index in [1.807, 2.05) is 0 Å². The van der Waals surface area contributed by atoms with E-state index in [1.165, 1.54) is 17.0 Å². The van der Waals surface area contributed by atoms with Crippen LogP contribution in [0.25, 0.3) is 0 Å². The van der Waals surface area contributed by atoms with Crippen molar-refractivity contribution in [2.75, 3.05) is 0 Å². The fourth-order valence-corrected chi connectivity index (χ4v) is 2.61. The van der Waals surface area contributed by atoms with Gasteiger partial charge in [-0.25, -0.2) is 4.79 Å². The average Bonchev–Trinajstić information content (AvgIpc) is 2.79. The van der Waals surface area contributed by atoms with Crippen molar-refractivity contribution in [3.05, 3.63) is 70.8 Å². The zero-order valence-electron chi connectivity index (χ0n) is 11.8. The highest BCUT2D eigenvalue weighted by molar-refractivity contribution is 6.21. The van der Waals surface area contributed by atoms with Gasteiger partial charge in [-0.15, -0.1) is 0 Å². The summed E-state index contributed by atoms with van der Waals surface area (Å²) in [6, 6.07) is 12.4. The summed E-state index contributed by atoms with van der Waals surface area (Å²) in [5, 5.41) is 8.91. The Morgan fingerprint density at radius 2 is 1.45 bits per heavy atom. The van der Waals surface area contributed by atoms with Crippen LogP contribution in [-0.4, -0.2) is 27.8 Å². The summed E-state index contributed by atoms with van der Waals surface area (Å²) in [5.74, 6) is -1.66. The quantitative estimate of drug-likeness (QED) is 0.883. The van der Waals surface area contributed by atoms with Gasteiger partial charge in [0.2, 0.25) is 0 Å². The van der Waals surface area contributed by atoms with E-state index in [2.05, 4.69) is 0 Å². The molecule has 0 saturated heterocycles. The Balaban J connectivity index is 1.93. The summed E-state index contributed by atoms with van der Waals surface area (Å²) in [6.45, 7) is 1.75. The molecule has 2 aromatic rings. The topological polar surface area (TPSA) is 74.7 Å². The molecule has 0 aliphatic carbocycles. The van der Waals surface area contributed by atoms with Gasteiger partial charge >= 0.3 is 5.97 Å². The predicted octanol–water partition coefficient (Wildman–Crippen LogP) is 2.74. The molecule has 0 bridgehead atoms. The number of benzene rings is 2. The molecule has 0 radical (unpaired) electrons. The molecule has 1 unspecified atom stereocenters. The number of nitrogens with zero attached hydrogens (tertiary/aromatic N) is 1. The van der Waals surface area contributed by atoms with E-state index in [9.17, 15) is 14.4 Å². The van der Waals surface area contributed by atoms with Gasteiger partial charge in [-0.1, -0.05) is 24.3 Å². The highest BCUT2D eigenvalue weighted by Gasteiger charge is 2.38. The fourth-order valence-electron chi connectivity index (χ4n) is 2.61. The minimum atomic E-state index is -1.01. The SMILES string of the molecule is CC(c1ccc(C(=O)O)cc1)N1C(=O)c2ccccc2C1=O. The summed E-state index contributed by atoms with van der Waals surface area (Å²) in [7, 11) is 0. The Morgan fingerprint density at radius 1 is 0.955 bits per heavy atom. The van der Waals surface area contributed by atoms with E-state index < -0.39 is 12.0 Å². The van der Waals surface area contributed by atoms with E-state index in [0.29, 0.717) is 16.7 Å². The predicted molar refractivity (Wildman–Crippen MR) is 78.8 cm³/mol. The minimum Gasteiger partial charge on any atom is -0.478 e. The molecule has 0 fully saturated rings. The van der Waals surface area contributed by atoms with Crippen molar-refractivity contribution in [1.29, 1.82) is 0 Å². The molecule has 1 heterocycles. The van der Waals surface area contributed by atoms with Crippen LogP contribution >= 0.6 is 0 Å². The maximum Gasteiger partial charge on any atom is 0.335 e. The smallest absolute Gasteiger partial charge is 0.335 e. The Hall–Kier alpha value is -2.95. The van der Waals surface area contributed by atoms with Crippen molar-refractivity contribution in [2.24, 2.45) is 0 Å². The van der Waals surface area contributed by atoms with E-state index >= 15 is 0 Å². The first-order valence-corrected chi connectivity index (χ1v) is 6.81. The van der Waals surface area contributed by atoms with Crippen LogP contribution in [-0.2, 0) is 0 Å². The van der Waals surface area contributed by atoms with Crippen LogP contribution in [0.5, 0.6) is 0 Å². The van der Waals surface area contributed by atoms with Gasteiger partial charge in [-0.05, 0) is 36.8 Å². The van der Waals surface area contributed by atoms with Gasteiger partial charge in [0.1, 0.15) is 0 Å². The third-order valence-corrected chi connectivity index (χ3v) is 3.85. The Morgan fingerprint density at radius 3 is 1.91 bits per heavy atom. The second-order valence-corrected chi connectivity index (χ2v) is 5.13. The van der Waals surface area contributed by atoms with E-state index in [-0.39, 0.29) is 17.4 Å². The van der Waals surface area contributed by atoms with Crippen molar-refractivity contribution >= 4 is 17.8 Å². The standard InChI is InChI=1S/C17H13NO4/c1-10(11-6-8-12(9-7-11)17(21)22)18-15(19)13-4-2-3-5-14(13)16(18)20/h2-10H,1H3,(H,21,22). The third kappa shape index (κ3) is 2.07. The van der Waals surface area contributed by atoms with Gasteiger partial charge < -0.3 is 5.11 Å². The number of hydrogen-bond acceptors (Lipinski definition) is 3. The molecule has 5 heteroatoms. The van der Waals surface area contributed by atoms with Crippen molar-refractivity contribution < 1.29 is 19.5 Å². The molecular formula is C17H13NO4. The lowest BCUT2D eigenvalue weighted by molar-refractivity contribution is 0.0592. The fraction of sp³-hybridized carbons (Fsp3) is 0.118. The lowest BCUT2D eigenvalue weighted by atomic mass is 10.0. The number of rotatable bonds is 3. The van der Waals surface area contributed by atoms with E-state index in [0.717, 1.165) is 0 Å². The van der Waals surface area contributed by atoms with E-state index in [1.54, 1.807) is 43.3 Å². The molecule has 1 N–H and O–H groups in total. The molecular weight excluding hydrogens is 282 g/mol. The number of carboxylic acid groups (broad SMARTS) is 1. The lowest BCUT2D eigenvalue weighted by Gasteiger charge is -2.23. The lowest BCUT2D eigenvalue weighted by Crippen LogP contribution is -2.32. The van der Waals surface area contributed by atoms with Gasteiger partial charge in [0, 0.05) is 0 Å². The van der Waals surface area contributed by atoms with Crippen molar-refractivity contribution in [3.63, 3.8) is 0 Å². The number of amides is 2. The summed E-state index contributed by atoms with van der Waals surface area (Å²) >= 11 is 0. The molecule has 22 heavy (non-hydrogen) atoms. The van der Waals surface area contributed by atoms with Crippen LogP contribution in [0.3, 0.4) is 0 Å². The third-order valence-electron chi connectivity index (χ3n) is 3.85. The number of carboxylic acids is 1. The van der Waals surface area contributed by atoms with Gasteiger partial charge in [0.15, 0.2) is 0 Å². The monoisotopic (exact) mass is 295 g/mol. The number of fused-ring (bicyclic) bond motifs is 1. The van der Waals surface area contributed by atoms with Gasteiger partial charge in [0.25, 0.3) is 11.8 Å². The van der Waals surface area contributed by atoms with Crippen LogP contribution < -0.4 is 0 Å². The average molecular weight is 295 g/mol. The molecule has 1 aliphatic rings. The Bertz CT molecular complexity index is 745. The van der Waals surface area contributed by atoms with Crippen molar-refractivity contribution in [2.45, 2.75) is 13.0 Å². The van der Waals surface area contributed by atoms with Crippen LogP contribution in [0.15, 0.2) is 48.5 Å². The molecule has 2 aromatic carbocycles. The first kappa shape index (κ1) is 14.0. The number of hydrogen-bond donors (Lipinski definition) is 1. The molecule has 0 spiro atoms. The number of carbonyl (C=O) groups is 3. The number of carbonyl (C=O) groups excluding carboxylic acids is 2. The first-order chi connectivity index (χ1) is 10.5.